The maximum Gasteiger partial charge on any atom is 0.277 e. The number of hydrogen-bond acceptors (Lipinski definition) is 9. The molecular formula is C23H24N4O6S2. The monoisotopic (exact) mass is 516 g/mol. The van der Waals surface area contributed by atoms with Crippen LogP contribution in [0.1, 0.15) is 10.4 Å². The van der Waals surface area contributed by atoms with Crippen LogP contribution in [-0.2, 0) is 14.8 Å². The number of benzene rings is 2. The summed E-state index contributed by atoms with van der Waals surface area (Å²) in [4.78, 5) is 13.3. The van der Waals surface area contributed by atoms with E-state index in [4.69, 9.17) is 13.9 Å². The van der Waals surface area contributed by atoms with Crippen LogP contribution >= 0.6 is 11.8 Å². The lowest BCUT2D eigenvalue weighted by Crippen LogP contribution is -2.40. The predicted octanol–water partition coefficient (Wildman–Crippen LogP) is 3.30. The van der Waals surface area contributed by atoms with Crippen LogP contribution in [0, 0.1) is 0 Å². The number of rotatable bonds is 9. The Morgan fingerprint density at radius 1 is 1.23 bits per heavy atom. The molecule has 1 aliphatic rings. The highest BCUT2D eigenvalue weighted by atomic mass is 32.2. The van der Waals surface area contributed by atoms with Crippen molar-refractivity contribution in [3.63, 3.8) is 0 Å². The van der Waals surface area contributed by atoms with Crippen LogP contribution in [0.25, 0.3) is 11.5 Å². The lowest BCUT2D eigenvalue weighted by molar-refractivity contribution is 0.0730. The van der Waals surface area contributed by atoms with Gasteiger partial charge in [-0.1, -0.05) is 30.0 Å². The standard InChI is InChI=1S/C23H24N4O6S2/c1-3-14-34-23-26-25-22(33-23)17-6-4-5-7-19(17)24-21(28)18-15-16(8-9-20(18)31-2)35(29,30)27-10-12-32-13-11-27/h3-9,15H,1,10-14H2,2H3,(H,24,28). The number of sulfonamides is 1. The molecule has 1 fully saturated rings. The Morgan fingerprint density at radius 2 is 2.00 bits per heavy atom. The molecule has 0 saturated carbocycles. The van der Waals surface area contributed by atoms with Gasteiger partial charge in [0.25, 0.3) is 17.0 Å². The largest absolute Gasteiger partial charge is 0.496 e. The summed E-state index contributed by atoms with van der Waals surface area (Å²) in [6.45, 7) is 4.81. The van der Waals surface area contributed by atoms with Gasteiger partial charge in [0.15, 0.2) is 0 Å². The Kier molecular flexibility index (Phi) is 7.86. The van der Waals surface area contributed by atoms with Gasteiger partial charge in [-0.15, -0.1) is 16.8 Å². The van der Waals surface area contributed by atoms with E-state index in [0.29, 0.717) is 35.4 Å². The van der Waals surface area contributed by atoms with E-state index < -0.39 is 15.9 Å². The number of hydrogen-bond donors (Lipinski definition) is 1. The van der Waals surface area contributed by atoms with Gasteiger partial charge in [-0.25, -0.2) is 8.42 Å². The molecule has 0 bridgehead atoms. The number of thioether (sulfide) groups is 1. The second kappa shape index (κ2) is 11.0. The average Bonchev–Trinajstić information content (AvgIpc) is 3.36. The number of anilines is 1. The third-order valence-electron chi connectivity index (χ3n) is 5.16. The van der Waals surface area contributed by atoms with Crippen molar-refractivity contribution in [3.8, 4) is 17.2 Å². The quantitative estimate of drug-likeness (QED) is 0.337. The van der Waals surface area contributed by atoms with Crippen LogP contribution in [0.15, 0.2) is 69.7 Å². The van der Waals surface area contributed by atoms with E-state index in [1.54, 1.807) is 30.3 Å². The number of amides is 1. The maximum absolute atomic E-state index is 13.3. The number of nitrogens with one attached hydrogen (secondary N) is 1. The molecule has 3 aromatic rings. The zero-order chi connectivity index (χ0) is 24.8. The Bertz CT molecular complexity index is 1320. The Morgan fingerprint density at radius 3 is 2.74 bits per heavy atom. The molecule has 0 unspecified atom stereocenters. The van der Waals surface area contributed by atoms with Gasteiger partial charge >= 0.3 is 0 Å². The van der Waals surface area contributed by atoms with Crippen molar-refractivity contribution < 1.29 is 27.1 Å². The number of aromatic nitrogens is 2. The summed E-state index contributed by atoms with van der Waals surface area (Å²) in [5.41, 5.74) is 1.02. The van der Waals surface area contributed by atoms with Gasteiger partial charge in [0, 0.05) is 18.8 Å². The van der Waals surface area contributed by atoms with Gasteiger partial charge in [-0.05, 0) is 30.3 Å². The van der Waals surface area contributed by atoms with E-state index in [2.05, 4.69) is 22.1 Å². The minimum Gasteiger partial charge on any atom is -0.496 e. The molecular weight excluding hydrogens is 492 g/mol. The molecule has 1 aromatic heterocycles. The van der Waals surface area contributed by atoms with Crippen molar-refractivity contribution in [1.82, 2.24) is 14.5 Å². The third kappa shape index (κ3) is 5.56. The van der Waals surface area contributed by atoms with Crippen molar-refractivity contribution in [2.45, 2.75) is 10.1 Å². The minimum atomic E-state index is -3.80. The van der Waals surface area contributed by atoms with Crippen LogP contribution in [0.5, 0.6) is 5.75 Å². The average molecular weight is 517 g/mol. The number of morpholine rings is 1. The number of methoxy groups -OCH3 is 1. The highest BCUT2D eigenvalue weighted by Crippen LogP contribution is 2.31. The molecule has 184 valence electrons. The molecule has 1 amide bonds. The molecule has 12 heteroatoms. The second-order valence-electron chi connectivity index (χ2n) is 7.35. The molecule has 4 rings (SSSR count). The minimum absolute atomic E-state index is 0.000535. The zero-order valence-corrected chi connectivity index (χ0v) is 20.6. The lowest BCUT2D eigenvalue weighted by atomic mass is 10.1. The zero-order valence-electron chi connectivity index (χ0n) is 19.0. The first kappa shape index (κ1) is 24.9. The molecule has 0 radical (unpaired) electrons. The SMILES string of the molecule is C=CCSc1nnc(-c2ccccc2NC(=O)c2cc(S(=O)(=O)N3CCOCC3)ccc2OC)o1. The highest BCUT2D eigenvalue weighted by molar-refractivity contribution is 7.99. The van der Waals surface area contributed by atoms with Gasteiger partial charge < -0.3 is 19.2 Å². The van der Waals surface area contributed by atoms with E-state index >= 15 is 0 Å². The van der Waals surface area contributed by atoms with Gasteiger partial charge in [0.05, 0.1) is 42.0 Å². The molecule has 1 saturated heterocycles. The van der Waals surface area contributed by atoms with Crippen molar-refractivity contribution in [2.75, 3.05) is 44.5 Å². The summed E-state index contributed by atoms with van der Waals surface area (Å²) in [5.74, 6) is 0.544. The fourth-order valence-corrected chi connectivity index (χ4v) is 5.37. The number of carbonyl (C=O) groups excluding carboxylic acids is 1. The topological polar surface area (TPSA) is 124 Å². The van der Waals surface area contributed by atoms with Crippen LogP contribution < -0.4 is 10.1 Å². The van der Waals surface area contributed by atoms with Crippen molar-refractivity contribution in [2.24, 2.45) is 0 Å². The van der Waals surface area contributed by atoms with Crippen molar-refractivity contribution in [1.29, 1.82) is 0 Å². The predicted molar refractivity (Wildman–Crippen MR) is 131 cm³/mol. The summed E-state index contributed by atoms with van der Waals surface area (Å²) in [7, 11) is -2.38. The summed E-state index contributed by atoms with van der Waals surface area (Å²) >= 11 is 1.34. The molecule has 1 aliphatic heterocycles. The second-order valence-corrected chi connectivity index (χ2v) is 10.3. The normalized spacial score (nSPS) is 14.4. The van der Waals surface area contributed by atoms with E-state index in [-0.39, 0.29) is 35.2 Å². The van der Waals surface area contributed by atoms with Gasteiger partial charge in [0.2, 0.25) is 10.0 Å². The number of para-hydroxylation sites is 1. The molecule has 2 aromatic carbocycles. The van der Waals surface area contributed by atoms with E-state index in [1.807, 2.05) is 0 Å². The summed E-state index contributed by atoms with van der Waals surface area (Å²) in [5, 5.41) is 11.3. The van der Waals surface area contributed by atoms with Gasteiger partial charge in [-0.3, -0.25) is 4.79 Å². The highest BCUT2D eigenvalue weighted by Gasteiger charge is 2.28. The third-order valence-corrected chi connectivity index (χ3v) is 7.87. The molecule has 35 heavy (non-hydrogen) atoms. The fraction of sp³-hybridized carbons (Fsp3) is 0.261. The number of nitrogens with zero attached hydrogens (tertiary/aromatic N) is 3. The van der Waals surface area contributed by atoms with E-state index in [0.717, 1.165) is 0 Å². The molecule has 0 atom stereocenters. The fourth-order valence-electron chi connectivity index (χ4n) is 3.44. The van der Waals surface area contributed by atoms with E-state index in [1.165, 1.54) is 41.4 Å². The Hall–Kier alpha value is -3.19. The molecule has 0 aliphatic carbocycles. The van der Waals surface area contributed by atoms with Crippen LogP contribution in [0.4, 0.5) is 5.69 Å². The van der Waals surface area contributed by atoms with Gasteiger partial charge in [-0.2, -0.15) is 4.31 Å². The van der Waals surface area contributed by atoms with Crippen LogP contribution in [-0.4, -0.2) is 68.0 Å². The molecule has 10 nitrogen and oxygen atoms in total. The molecule has 2 heterocycles. The van der Waals surface area contributed by atoms with Crippen LogP contribution in [0.2, 0.25) is 0 Å². The van der Waals surface area contributed by atoms with E-state index in [9.17, 15) is 13.2 Å². The van der Waals surface area contributed by atoms with Crippen molar-refractivity contribution >= 4 is 33.4 Å². The summed E-state index contributed by atoms with van der Waals surface area (Å²) < 4.78 is 43.8. The number of carbonyl (C=O) groups is 1. The number of ether oxygens (including phenoxy) is 2. The Labute approximate surface area is 207 Å². The maximum atomic E-state index is 13.3. The van der Waals surface area contributed by atoms with Gasteiger partial charge in [0.1, 0.15) is 5.75 Å². The van der Waals surface area contributed by atoms with Crippen molar-refractivity contribution in [3.05, 3.63) is 60.7 Å². The first-order valence-corrected chi connectivity index (χ1v) is 13.1. The first-order chi connectivity index (χ1) is 16.9. The summed E-state index contributed by atoms with van der Waals surface area (Å²) in [6.07, 6.45) is 1.73. The molecule has 1 N–H and O–H groups in total. The summed E-state index contributed by atoms with van der Waals surface area (Å²) in [6, 6.07) is 11.2. The molecule has 0 spiro atoms. The lowest BCUT2D eigenvalue weighted by Gasteiger charge is -2.26. The Balaban J connectivity index is 1.62. The van der Waals surface area contributed by atoms with Crippen LogP contribution in [0.3, 0.4) is 0 Å². The first-order valence-electron chi connectivity index (χ1n) is 10.7. The smallest absolute Gasteiger partial charge is 0.277 e.